The van der Waals surface area contributed by atoms with Gasteiger partial charge in [0.25, 0.3) is 0 Å². The number of aliphatic hydroxyl groups excluding tert-OH is 2. The van der Waals surface area contributed by atoms with Crippen LogP contribution in [0.3, 0.4) is 0 Å². The second-order valence-electron chi connectivity index (χ2n) is 6.91. The SMILES string of the molecule is Cc1cc2c(n1-c1ccc(CO)cc1)CC(C)(C)CC2O. The van der Waals surface area contributed by atoms with Crippen molar-refractivity contribution in [2.45, 2.75) is 46.3 Å². The van der Waals surface area contributed by atoms with Gasteiger partial charge in [0, 0.05) is 22.6 Å². The monoisotopic (exact) mass is 285 g/mol. The molecule has 1 atom stereocenters. The number of rotatable bonds is 2. The summed E-state index contributed by atoms with van der Waals surface area (Å²) in [5, 5.41) is 19.6. The highest BCUT2D eigenvalue weighted by Gasteiger charge is 2.34. The van der Waals surface area contributed by atoms with Crippen molar-refractivity contribution >= 4 is 0 Å². The lowest BCUT2D eigenvalue weighted by Gasteiger charge is -2.34. The van der Waals surface area contributed by atoms with Crippen LogP contribution >= 0.6 is 0 Å². The number of nitrogens with zero attached hydrogens (tertiary/aromatic N) is 1. The van der Waals surface area contributed by atoms with E-state index in [1.54, 1.807) is 0 Å². The third-order valence-corrected chi connectivity index (χ3v) is 4.45. The predicted octanol–water partition coefficient (Wildman–Crippen LogP) is 3.28. The summed E-state index contributed by atoms with van der Waals surface area (Å²) in [6, 6.07) is 10.1. The van der Waals surface area contributed by atoms with Gasteiger partial charge in [-0.3, -0.25) is 0 Å². The molecule has 1 unspecified atom stereocenters. The molecule has 0 spiro atoms. The zero-order valence-corrected chi connectivity index (χ0v) is 12.9. The summed E-state index contributed by atoms with van der Waals surface area (Å²) in [4.78, 5) is 0. The molecule has 0 aliphatic heterocycles. The molecule has 0 saturated carbocycles. The second-order valence-corrected chi connectivity index (χ2v) is 6.91. The van der Waals surface area contributed by atoms with Crippen LogP contribution in [0.15, 0.2) is 30.3 Å². The van der Waals surface area contributed by atoms with Crippen molar-refractivity contribution in [2.75, 3.05) is 0 Å². The third kappa shape index (κ3) is 2.52. The fraction of sp³-hybridized carbons (Fsp3) is 0.444. The van der Waals surface area contributed by atoms with Gasteiger partial charge in [-0.15, -0.1) is 0 Å². The molecule has 1 aromatic heterocycles. The molecule has 2 N–H and O–H groups in total. The number of benzene rings is 1. The first-order valence-electron chi connectivity index (χ1n) is 7.51. The number of aromatic nitrogens is 1. The van der Waals surface area contributed by atoms with E-state index in [2.05, 4.69) is 31.4 Å². The van der Waals surface area contributed by atoms with Crippen LogP contribution in [-0.4, -0.2) is 14.8 Å². The first kappa shape index (κ1) is 14.4. The number of hydrogen-bond acceptors (Lipinski definition) is 2. The van der Waals surface area contributed by atoms with E-state index >= 15 is 0 Å². The van der Waals surface area contributed by atoms with Gasteiger partial charge in [-0.1, -0.05) is 26.0 Å². The van der Waals surface area contributed by atoms with Gasteiger partial charge >= 0.3 is 0 Å². The summed E-state index contributed by atoms with van der Waals surface area (Å²) < 4.78 is 2.24. The Kier molecular flexibility index (Phi) is 3.42. The van der Waals surface area contributed by atoms with Crippen LogP contribution in [0.1, 0.15) is 48.9 Å². The highest BCUT2D eigenvalue weighted by atomic mass is 16.3. The van der Waals surface area contributed by atoms with Crippen molar-refractivity contribution in [3.05, 3.63) is 52.8 Å². The van der Waals surface area contributed by atoms with Crippen LogP contribution < -0.4 is 0 Å². The van der Waals surface area contributed by atoms with Crippen LogP contribution in [0.4, 0.5) is 0 Å². The van der Waals surface area contributed by atoms with Gasteiger partial charge in [0.05, 0.1) is 12.7 Å². The van der Waals surface area contributed by atoms with Crippen LogP contribution in [0.25, 0.3) is 5.69 Å². The predicted molar refractivity (Wildman–Crippen MR) is 83.5 cm³/mol. The van der Waals surface area contributed by atoms with Crippen molar-refractivity contribution < 1.29 is 10.2 Å². The van der Waals surface area contributed by atoms with E-state index in [-0.39, 0.29) is 18.1 Å². The molecule has 0 amide bonds. The molecule has 21 heavy (non-hydrogen) atoms. The number of hydrogen-bond donors (Lipinski definition) is 2. The Bertz CT molecular complexity index is 653. The Hall–Kier alpha value is -1.58. The summed E-state index contributed by atoms with van der Waals surface area (Å²) >= 11 is 0. The van der Waals surface area contributed by atoms with Crippen molar-refractivity contribution in [1.29, 1.82) is 0 Å². The lowest BCUT2D eigenvalue weighted by molar-refractivity contribution is 0.0987. The molecule has 112 valence electrons. The normalized spacial score (nSPS) is 20.3. The Morgan fingerprint density at radius 3 is 2.52 bits per heavy atom. The van der Waals surface area contributed by atoms with E-state index in [0.29, 0.717) is 0 Å². The number of aliphatic hydroxyl groups is 2. The minimum absolute atomic E-state index is 0.0643. The Morgan fingerprint density at radius 2 is 1.90 bits per heavy atom. The van der Waals surface area contributed by atoms with Gasteiger partial charge < -0.3 is 14.8 Å². The van der Waals surface area contributed by atoms with Crippen molar-refractivity contribution in [1.82, 2.24) is 4.57 Å². The Labute approximate surface area is 125 Å². The fourth-order valence-electron chi connectivity index (χ4n) is 3.45. The zero-order valence-electron chi connectivity index (χ0n) is 12.9. The Morgan fingerprint density at radius 1 is 1.24 bits per heavy atom. The topological polar surface area (TPSA) is 45.4 Å². The molecule has 3 heteroatoms. The van der Waals surface area contributed by atoms with Gasteiger partial charge in [-0.2, -0.15) is 0 Å². The third-order valence-electron chi connectivity index (χ3n) is 4.45. The molecule has 1 aliphatic rings. The van der Waals surface area contributed by atoms with Crippen LogP contribution in [0, 0.1) is 12.3 Å². The van der Waals surface area contributed by atoms with Gasteiger partial charge in [-0.05, 0) is 48.9 Å². The maximum atomic E-state index is 10.4. The van der Waals surface area contributed by atoms with E-state index in [9.17, 15) is 5.11 Å². The number of fused-ring (bicyclic) bond motifs is 1. The highest BCUT2D eigenvalue weighted by Crippen LogP contribution is 2.42. The van der Waals surface area contributed by atoms with E-state index < -0.39 is 0 Å². The average Bonchev–Trinajstić information content (AvgIpc) is 2.74. The molecule has 0 fully saturated rings. The van der Waals surface area contributed by atoms with Crippen molar-refractivity contribution in [2.24, 2.45) is 5.41 Å². The first-order valence-corrected chi connectivity index (χ1v) is 7.51. The molecule has 1 aliphatic carbocycles. The molecular weight excluding hydrogens is 262 g/mol. The van der Waals surface area contributed by atoms with Crippen molar-refractivity contribution in [3.63, 3.8) is 0 Å². The summed E-state index contributed by atoms with van der Waals surface area (Å²) in [5.41, 5.74) is 5.55. The largest absolute Gasteiger partial charge is 0.392 e. The summed E-state index contributed by atoms with van der Waals surface area (Å²) in [7, 11) is 0. The second kappa shape index (κ2) is 5.00. The minimum Gasteiger partial charge on any atom is -0.392 e. The molecule has 0 bridgehead atoms. The van der Waals surface area contributed by atoms with E-state index in [4.69, 9.17) is 5.11 Å². The van der Waals surface area contributed by atoms with Crippen LogP contribution in [-0.2, 0) is 13.0 Å². The molecule has 0 radical (unpaired) electrons. The lowest BCUT2D eigenvalue weighted by atomic mass is 9.75. The molecule has 3 nitrogen and oxygen atoms in total. The lowest BCUT2D eigenvalue weighted by Crippen LogP contribution is -2.26. The smallest absolute Gasteiger partial charge is 0.0812 e. The van der Waals surface area contributed by atoms with E-state index in [0.717, 1.165) is 35.3 Å². The molecule has 1 aromatic carbocycles. The van der Waals surface area contributed by atoms with E-state index in [1.807, 2.05) is 24.3 Å². The summed E-state index contributed by atoms with van der Waals surface area (Å²) in [5.74, 6) is 0. The Balaban J connectivity index is 2.11. The van der Waals surface area contributed by atoms with Gasteiger partial charge in [0.15, 0.2) is 0 Å². The fourth-order valence-corrected chi connectivity index (χ4v) is 3.45. The molecule has 0 saturated heterocycles. The maximum absolute atomic E-state index is 10.4. The van der Waals surface area contributed by atoms with E-state index in [1.165, 1.54) is 5.69 Å². The quantitative estimate of drug-likeness (QED) is 0.889. The van der Waals surface area contributed by atoms with Gasteiger partial charge in [-0.25, -0.2) is 0 Å². The molecule has 1 heterocycles. The molecule has 3 rings (SSSR count). The summed E-state index contributed by atoms with van der Waals surface area (Å²) in [6.07, 6.45) is 1.41. The minimum atomic E-state index is -0.375. The average molecular weight is 285 g/mol. The molecule has 2 aromatic rings. The van der Waals surface area contributed by atoms with Gasteiger partial charge in [0.1, 0.15) is 0 Å². The summed E-state index contributed by atoms with van der Waals surface area (Å²) in [6.45, 7) is 6.56. The van der Waals surface area contributed by atoms with Crippen LogP contribution in [0.5, 0.6) is 0 Å². The highest BCUT2D eigenvalue weighted by molar-refractivity contribution is 5.44. The number of aryl methyl sites for hydroxylation is 1. The zero-order chi connectivity index (χ0) is 15.2. The molecular formula is C18H23NO2. The van der Waals surface area contributed by atoms with Crippen molar-refractivity contribution in [3.8, 4) is 5.69 Å². The first-order chi connectivity index (χ1) is 9.91. The van der Waals surface area contributed by atoms with Crippen LogP contribution in [0.2, 0.25) is 0 Å². The van der Waals surface area contributed by atoms with Gasteiger partial charge in [0.2, 0.25) is 0 Å². The standard InChI is InChI=1S/C18H23NO2/c1-12-8-15-16(9-18(2,3)10-17(15)21)19(12)14-6-4-13(11-20)5-7-14/h4-8,17,20-21H,9-11H2,1-3H3. The maximum Gasteiger partial charge on any atom is 0.0812 e.